The van der Waals surface area contributed by atoms with Crippen molar-refractivity contribution >= 4 is 60.8 Å². The highest BCUT2D eigenvalue weighted by molar-refractivity contribution is 6.10. The molecule has 0 atom stereocenters. The lowest BCUT2D eigenvalue weighted by atomic mass is 10.0. The molecule has 0 aliphatic heterocycles. The SMILES string of the molecule is c1ccc(-c2ccc(N(c3ccc(-n4c5ccccc5c5ncccc54)cc3)c3ccc(-n4c5ccccc5c5ccccc54)c(-c4ccccc4)c3)cc2)cc1. The Morgan fingerprint density at radius 3 is 1.49 bits per heavy atom. The largest absolute Gasteiger partial charge is 0.310 e. The van der Waals surface area contributed by atoms with Gasteiger partial charge in [0.05, 0.1) is 33.3 Å². The first kappa shape index (κ1) is 32.7. The van der Waals surface area contributed by atoms with Crippen LogP contribution in [-0.4, -0.2) is 14.1 Å². The minimum atomic E-state index is 1.01. The van der Waals surface area contributed by atoms with E-state index in [1.165, 1.54) is 32.9 Å². The van der Waals surface area contributed by atoms with E-state index in [-0.39, 0.29) is 0 Å². The molecule has 3 heterocycles. The summed E-state index contributed by atoms with van der Waals surface area (Å²) in [5.41, 5.74) is 15.7. The average Bonchev–Trinajstić information content (AvgIpc) is 3.81. The van der Waals surface area contributed by atoms with Crippen molar-refractivity contribution in [2.75, 3.05) is 4.90 Å². The zero-order valence-electron chi connectivity index (χ0n) is 31.1. The first-order chi connectivity index (χ1) is 28.3. The van der Waals surface area contributed by atoms with Crippen LogP contribution in [-0.2, 0) is 0 Å². The molecule has 11 aromatic rings. The predicted octanol–water partition coefficient (Wildman–Crippen LogP) is 14.1. The molecule has 0 N–H and O–H groups in total. The van der Waals surface area contributed by atoms with Gasteiger partial charge in [0.2, 0.25) is 0 Å². The van der Waals surface area contributed by atoms with E-state index >= 15 is 0 Å². The van der Waals surface area contributed by atoms with E-state index < -0.39 is 0 Å². The van der Waals surface area contributed by atoms with Gasteiger partial charge in [0.1, 0.15) is 0 Å². The van der Waals surface area contributed by atoms with E-state index in [4.69, 9.17) is 4.98 Å². The molecule has 0 fully saturated rings. The Morgan fingerprint density at radius 1 is 0.351 bits per heavy atom. The van der Waals surface area contributed by atoms with Crippen molar-refractivity contribution in [3.8, 4) is 33.6 Å². The number of anilines is 3. The van der Waals surface area contributed by atoms with E-state index in [9.17, 15) is 0 Å². The fourth-order valence-electron chi connectivity index (χ4n) is 8.58. The Labute approximate surface area is 330 Å². The highest BCUT2D eigenvalue weighted by atomic mass is 15.1. The van der Waals surface area contributed by atoms with Gasteiger partial charge < -0.3 is 14.0 Å². The Morgan fingerprint density at radius 2 is 0.842 bits per heavy atom. The van der Waals surface area contributed by atoms with Gasteiger partial charge >= 0.3 is 0 Å². The minimum absolute atomic E-state index is 1.01. The summed E-state index contributed by atoms with van der Waals surface area (Å²) in [6, 6.07) is 76.2. The van der Waals surface area contributed by atoms with Crippen LogP contribution in [0.15, 0.2) is 219 Å². The molecule has 4 nitrogen and oxygen atoms in total. The molecule has 0 amide bonds. The Kier molecular flexibility index (Phi) is 7.78. The average molecular weight is 729 g/mol. The summed E-state index contributed by atoms with van der Waals surface area (Å²) in [5, 5.41) is 3.64. The summed E-state index contributed by atoms with van der Waals surface area (Å²) in [6.07, 6.45) is 1.87. The summed E-state index contributed by atoms with van der Waals surface area (Å²) >= 11 is 0. The van der Waals surface area contributed by atoms with Gasteiger partial charge in [0, 0.05) is 50.7 Å². The van der Waals surface area contributed by atoms with Gasteiger partial charge in [-0.2, -0.15) is 0 Å². The van der Waals surface area contributed by atoms with Gasteiger partial charge in [-0.3, -0.25) is 4.98 Å². The van der Waals surface area contributed by atoms with Crippen molar-refractivity contribution in [1.82, 2.24) is 14.1 Å². The lowest BCUT2D eigenvalue weighted by Gasteiger charge is -2.27. The normalized spacial score (nSPS) is 11.5. The summed E-state index contributed by atoms with van der Waals surface area (Å²) < 4.78 is 4.74. The molecule has 3 aromatic heterocycles. The molecule has 8 aromatic carbocycles. The maximum Gasteiger partial charge on any atom is 0.0963 e. The molecule has 57 heavy (non-hydrogen) atoms. The number of rotatable bonds is 7. The summed E-state index contributed by atoms with van der Waals surface area (Å²) in [7, 11) is 0. The molecule has 0 unspecified atom stereocenters. The number of aromatic nitrogens is 3. The van der Waals surface area contributed by atoms with Crippen molar-refractivity contribution < 1.29 is 0 Å². The van der Waals surface area contributed by atoms with Crippen molar-refractivity contribution in [3.05, 3.63) is 219 Å². The van der Waals surface area contributed by atoms with Gasteiger partial charge in [0.25, 0.3) is 0 Å². The maximum absolute atomic E-state index is 4.77. The molecule has 11 rings (SSSR count). The third-order valence-corrected chi connectivity index (χ3v) is 11.2. The molecule has 0 aliphatic carbocycles. The second-order valence-electron chi connectivity index (χ2n) is 14.4. The molecule has 0 radical (unpaired) electrons. The summed E-state index contributed by atoms with van der Waals surface area (Å²) in [4.78, 5) is 7.14. The third kappa shape index (κ3) is 5.50. The van der Waals surface area contributed by atoms with E-state index in [1.54, 1.807) is 0 Å². The standard InChI is InChI=1S/C53H36N4/c1-3-14-37(15-4-1)38-25-27-40(28-26-38)55(41-29-31-42(32-30-41)56-50-23-12-9-20-46(50)53-52(56)24-13-35-54-53)43-33-34-51(47(36-43)39-16-5-2-6-17-39)57-48-21-10-7-18-44(48)45-19-8-11-22-49(45)57/h1-36H. The number of para-hydroxylation sites is 3. The van der Waals surface area contributed by atoms with Crippen molar-refractivity contribution in [2.24, 2.45) is 0 Å². The fourth-order valence-corrected chi connectivity index (χ4v) is 8.58. The van der Waals surface area contributed by atoms with Gasteiger partial charge in [-0.15, -0.1) is 0 Å². The first-order valence-electron chi connectivity index (χ1n) is 19.4. The topological polar surface area (TPSA) is 26.0 Å². The molecule has 0 spiro atoms. The number of hydrogen-bond donors (Lipinski definition) is 0. The Hall–Kier alpha value is -7.69. The van der Waals surface area contributed by atoms with Crippen LogP contribution in [0, 0.1) is 0 Å². The van der Waals surface area contributed by atoms with E-state index in [0.717, 1.165) is 61.5 Å². The smallest absolute Gasteiger partial charge is 0.0963 e. The summed E-state index contributed by atoms with van der Waals surface area (Å²) in [5.74, 6) is 0. The molecule has 0 saturated carbocycles. The highest BCUT2D eigenvalue weighted by Crippen LogP contribution is 2.42. The van der Waals surface area contributed by atoms with Crippen LogP contribution in [0.25, 0.3) is 77.4 Å². The van der Waals surface area contributed by atoms with Gasteiger partial charge in [-0.25, -0.2) is 0 Å². The minimum Gasteiger partial charge on any atom is -0.310 e. The zero-order chi connectivity index (χ0) is 37.7. The second-order valence-corrected chi connectivity index (χ2v) is 14.4. The van der Waals surface area contributed by atoms with E-state index in [2.05, 4.69) is 220 Å². The molecular weight excluding hydrogens is 693 g/mol. The van der Waals surface area contributed by atoms with Gasteiger partial charge in [0.15, 0.2) is 0 Å². The molecule has 268 valence electrons. The van der Waals surface area contributed by atoms with Crippen LogP contribution >= 0.6 is 0 Å². The molecular formula is C53H36N4. The zero-order valence-corrected chi connectivity index (χ0v) is 31.1. The molecule has 0 saturated heterocycles. The number of nitrogens with zero attached hydrogens (tertiary/aromatic N) is 4. The highest BCUT2D eigenvalue weighted by Gasteiger charge is 2.20. The molecule has 0 bridgehead atoms. The van der Waals surface area contributed by atoms with E-state index in [1.807, 2.05) is 12.3 Å². The van der Waals surface area contributed by atoms with Crippen LogP contribution in [0.1, 0.15) is 0 Å². The Balaban J connectivity index is 1.10. The first-order valence-corrected chi connectivity index (χ1v) is 19.4. The van der Waals surface area contributed by atoms with Crippen molar-refractivity contribution in [2.45, 2.75) is 0 Å². The molecule has 0 aliphatic rings. The number of fused-ring (bicyclic) bond motifs is 6. The monoisotopic (exact) mass is 728 g/mol. The Bertz CT molecular complexity index is 3110. The lowest BCUT2D eigenvalue weighted by Crippen LogP contribution is -2.11. The predicted molar refractivity (Wildman–Crippen MR) is 238 cm³/mol. The van der Waals surface area contributed by atoms with Crippen molar-refractivity contribution in [3.63, 3.8) is 0 Å². The number of hydrogen-bond acceptors (Lipinski definition) is 2. The van der Waals surface area contributed by atoms with Crippen molar-refractivity contribution in [1.29, 1.82) is 0 Å². The lowest BCUT2D eigenvalue weighted by molar-refractivity contribution is 1.16. The van der Waals surface area contributed by atoms with Gasteiger partial charge in [-0.1, -0.05) is 127 Å². The van der Waals surface area contributed by atoms with Crippen LogP contribution in [0.5, 0.6) is 0 Å². The number of benzene rings is 8. The quantitative estimate of drug-likeness (QED) is 0.163. The summed E-state index contributed by atoms with van der Waals surface area (Å²) in [6.45, 7) is 0. The van der Waals surface area contributed by atoms with E-state index in [0.29, 0.717) is 0 Å². The maximum atomic E-state index is 4.77. The number of pyridine rings is 1. The third-order valence-electron chi connectivity index (χ3n) is 11.2. The van der Waals surface area contributed by atoms with Crippen LogP contribution in [0.4, 0.5) is 17.1 Å². The second kappa shape index (κ2) is 13.6. The van der Waals surface area contributed by atoms with Gasteiger partial charge in [-0.05, 0) is 102 Å². The van der Waals surface area contributed by atoms with Crippen LogP contribution < -0.4 is 4.90 Å². The fraction of sp³-hybridized carbons (Fsp3) is 0. The van der Waals surface area contributed by atoms with Crippen LogP contribution in [0.3, 0.4) is 0 Å². The molecule has 4 heteroatoms. The van der Waals surface area contributed by atoms with Crippen LogP contribution in [0.2, 0.25) is 0 Å².